The monoisotopic (exact) mass is 299 g/mol. The molecule has 0 aliphatic rings. The molecule has 0 N–H and O–H groups in total. The molecule has 0 aliphatic heterocycles. The molecule has 1 aromatic carbocycles. The Hall–Kier alpha value is -1.04. The molecule has 0 aliphatic carbocycles. The van der Waals surface area contributed by atoms with Crippen molar-refractivity contribution in [1.82, 2.24) is 4.98 Å². The first kappa shape index (κ1) is 13.4. The van der Waals surface area contributed by atoms with Gasteiger partial charge in [0.15, 0.2) is 10.0 Å². The Balaban J connectivity index is 2.20. The van der Waals surface area contributed by atoms with Crippen molar-refractivity contribution in [2.75, 3.05) is 7.11 Å². The number of carbonyl (C=O) groups is 1. The Morgan fingerprint density at radius 3 is 2.67 bits per heavy atom. The molecular formula is C12H10ClNO2S2. The maximum atomic E-state index is 11.4. The summed E-state index contributed by atoms with van der Waals surface area (Å²) in [7, 11) is 1.35. The lowest BCUT2D eigenvalue weighted by Gasteiger charge is -1.97. The smallest absolute Gasteiger partial charge is 0.357 e. The first-order chi connectivity index (χ1) is 8.60. The molecule has 3 nitrogen and oxygen atoms in total. The highest BCUT2D eigenvalue weighted by atomic mass is 35.5. The summed E-state index contributed by atoms with van der Waals surface area (Å²) in [6.07, 6.45) is 0. The van der Waals surface area contributed by atoms with Crippen LogP contribution in [0.25, 0.3) is 0 Å². The van der Waals surface area contributed by atoms with Crippen molar-refractivity contribution in [2.24, 2.45) is 0 Å². The summed E-state index contributed by atoms with van der Waals surface area (Å²) >= 11 is 8.80. The largest absolute Gasteiger partial charge is 0.464 e. The minimum absolute atomic E-state index is 0.388. The number of hydrogen-bond acceptors (Lipinski definition) is 5. The number of esters is 1. The molecule has 0 spiro atoms. The van der Waals surface area contributed by atoms with Gasteiger partial charge in [-0.1, -0.05) is 23.4 Å². The van der Waals surface area contributed by atoms with Crippen LogP contribution in [0.5, 0.6) is 0 Å². The van der Waals surface area contributed by atoms with Crippen LogP contribution in [-0.2, 0) is 4.74 Å². The van der Waals surface area contributed by atoms with Crippen molar-refractivity contribution in [2.45, 2.75) is 16.2 Å². The first-order valence-electron chi connectivity index (χ1n) is 5.09. The molecule has 18 heavy (non-hydrogen) atoms. The highest BCUT2D eigenvalue weighted by molar-refractivity contribution is 8.01. The molecule has 0 radical (unpaired) electrons. The quantitative estimate of drug-likeness (QED) is 0.802. The number of aromatic nitrogens is 1. The van der Waals surface area contributed by atoms with Crippen molar-refractivity contribution in [1.29, 1.82) is 0 Å². The lowest BCUT2D eigenvalue weighted by atomic mass is 10.4. The number of aryl methyl sites for hydroxylation is 1. The fraction of sp³-hybridized carbons (Fsp3) is 0.167. The fourth-order valence-corrected chi connectivity index (χ4v) is 3.50. The average molecular weight is 300 g/mol. The van der Waals surface area contributed by atoms with Crippen LogP contribution in [0.15, 0.2) is 33.5 Å². The van der Waals surface area contributed by atoms with E-state index in [1.54, 1.807) is 0 Å². The van der Waals surface area contributed by atoms with Gasteiger partial charge < -0.3 is 4.74 Å². The normalized spacial score (nSPS) is 10.4. The number of halogens is 1. The van der Waals surface area contributed by atoms with Crippen molar-refractivity contribution < 1.29 is 9.53 Å². The van der Waals surface area contributed by atoms with Gasteiger partial charge in [-0.25, -0.2) is 9.78 Å². The van der Waals surface area contributed by atoms with E-state index in [1.807, 2.05) is 31.2 Å². The summed E-state index contributed by atoms with van der Waals surface area (Å²) in [4.78, 5) is 17.6. The van der Waals surface area contributed by atoms with Crippen LogP contribution in [0.4, 0.5) is 0 Å². The Bertz CT molecular complexity index is 566. The number of carbonyl (C=O) groups excluding carboxylic acids is 1. The van der Waals surface area contributed by atoms with Crippen molar-refractivity contribution >= 4 is 40.7 Å². The second-order valence-corrected chi connectivity index (χ2v) is 6.39. The summed E-state index contributed by atoms with van der Waals surface area (Å²) < 4.78 is 5.49. The molecule has 1 aromatic heterocycles. The number of ether oxygens (including phenoxy) is 1. The second kappa shape index (κ2) is 5.73. The first-order valence-corrected chi connectivity index (χ1v) is 7.10. The van der Waals surface area contributed by atoms with Gasteiger partial charge in [0.2, 0.25) is 0 Å². The van der Waals surface area contributed by atoms with Gasteiger partial charge >= 0.3 is 5.97 Å². The van der Waals surface area contributed by atoms with Crippen LogP contribution in [0, 0.1) is 6.92 Å². The third-order valence-corrected chi connectivity index (χ3v) is 4.47. The Morgan fingerprint density at radius 2 is 2.06 bits per heavy atom. The summed E-state index contributed by atoms with van der Waals surface area (Å²) in [6.45, 7) is 1.86. The SMILES string of the molecule is COC(=O)c1nc(Sc2ccc(Cl)cc2)sc1C. The van der Waals surface area contributed by atoms with Crippen LogP contribution in [0.1, 0.15) is 15.4 Å². The predicted molar refractivity (Wildman–Crippen MR) is 73.8 cm³/mol. The minimum Gasteiger partial charge on any atom is -0.464 e. The molecule has 0 saturated carbocycles. The van der Waals surface area contributed by atoms with Gasteiger partial charge in [0.05, 0.1) is 7.11 Å². The maximum Gasteiger partial charge on any atom is 0.357 e. The van der Waals surface area contributed by atoms with E-state index >= 15 is 0 Å². The highest BCUT2D eigenvalue weighted by Gasteiger charge is 2.16. The molecule has 0 unspecified atom stereocenters. The van der Waals surface area contributed by atoms with Crippen LogP contribution < -0.4 is 0 Å². The van der Waals surface area contributed by atoms with E-state index in [0.717, 1.165) is 14.1 Å². The third kappa shape index (κ3) is 3.04. The Labute approximate surface area is 118 Å². The van der Waals surface area contributed by atoms with Gasteiger partial charge in [0.1, 0.15) is 0 Å². The molecule has 0 bridgehead atoms. The van der Waals surface area contributed by atoms with Gasteiger partial charge in [-0.3, -0.25) is 0 Å². The number of hydrogen-bond donors (Lipinski definition) is 0. The van der Waals surface area contributed by atoms with Gasteiger partial charge in [0.25, 0.3) is 0 Å². The van der Waals surface area contributed by atoms with Crippen LogP contribution >= 0.6 is 34.7 Å². The zero-order chi connectivity index (χ0) is 13.1. The topological polar surface area (TPSA) is 39.2 Å². The zero-order valence-corrected chi connectivity index (χ0v) is 12.2. The fourth-order valence-electron chi connectivity index (χ4n) is 1.31. The summed E-state index contributed by atoms with van der Waals surface area (Å²) in [6, 6.07) is 7.49. The summed E-state index contributed by atoms with van der Waals surface area (Å²) in [5.41, 5.74) is 0.388. The Morgan fingerprint density at radius 1 is 1.39 bits per heavy atom. The number of thiazole rings is 1. The number of methoxy groups -OCH3 is 1. The molecule has 1 heterocycles. The van der Waals surface area contributed by atoms with Crippen LogP contribution in [-0.4, -0.2) is 18.1 Å². The minimum atomic E-state index is -0.397. The van der Waals surface area contributed by atoms with E-state index in [1.165, 1.54) is 30.2 Å². The predicted octanol–water partition coefficient (Wildman–Crippen LogP) is 4.04. The molecule has 0 atom stereocenters. The zero-order valence-electron chi connectivity index (χ0n) is 9.77. The molecule has 0 amide bonds. The van der Waals surface area contributed by atoms with Gasteiger partial charge in [-0.2, -0.15) is 0 Å². The van der Waals surface area contributed by atoms with Crippen LogP contribution in [0.3, 0.4) is 0 Å². The van der Waals surface area contributed by atoms with E-state index in [9.17, 15) is 4.79 Å². The summed E-state index contributed by atoms with van der Waals surface area (Å²) in [5, 5.41) is 0.699. The molecular weight excluding hydrogens is 290 g/mol. The second-order valence-electron chi connectivity index (χ2n) is 3.43. The van der Waals surface area contributed by atoms with E-state index in [4.69, 9.17) is 11.6 Å². The maximum absolute atomic E-state index is 11.4. The number of rotatable bonds is 3. The van der Waals surface area contributed by atoms with Crippen molar-refractivity contribution in [3.05, 3.63) is 39.9 Å². The molecule has 2 aromatic rings. The molecule has 94 valence electrons. The van der Waals surface area contributed by atoms with Gasteiger partial charge in [-0.05, 0) is 31.2 Å². The van der Waals surface area contributed by atoms with Gasteiger partial charge in [0, 0.05) is 14.8 Å². The summed E-state index contributed by atoms with van der Waals surface area (Å²) in [5.74, 6) is -0.397. The lowest BCUT2D eigenvalue weighted by molar-refractivity contribution is 0.0593. The standard InChI is InChI=1S/C12H10ClNO2S2/c1-7-10(11(15)16-2)14-12(17-7)18-9-5-3-8(13)4-6-9/h3-6H,1-2H3. The molecule has 2 rings (SSSR count). The van der Waals surface area contributed by atoms with Crippen molar-refractivity contribution in [3.63, 3.8) is 0 Å². The molecule has 6 heteroatoms. The highest BCUT2D eigenvalue weighted by Crippen LogP contribution is 2.33. The molecule has 0 saturated heterocycles. The number of benzene rings is 1. The van der Waals surface area contributed by atoms with Crippen molar-refractivity contribution in [3.8, 4) is 0 Å². The number of nitrogens with zero attached hydrogens (tertiary/aromatic N) is 1. The van der Waals surface area contributed by atoms with Gasteiger partial charge in [-0.15, -0.1) is 11.3 Å². The lowest BCUT2D eigenvalue weighted by Crippen LogP contribution is -2.02. The van der Waals surface area contributed by atoms with E-state index in [2.05, 4.69) is 9.72 Å². The van der Waals surface area contributed by atoms with E-state index in [-0.39, 0.29) is 0 Å². The molecule has 0 fully saturated rings. The Kier molecular flexibility index (Phi) is 4.27. The van der Waals surface area contributed by atoms with E-state index in [0.29, 0.717) is 10.7 Å². The van der Waals surface area contributed by atoms with Crippen LogP contribution in [0.2, 0.25) is 5.02 Å². The third-order valence-electron chi connectivity index (χ3n) is 2.17. The average Bonchev–Trinajstić information content (AvgIpc) is 2.72. The van der Waals surface area contributed by atoms with E-state index < -0.39 is 5.97 Å².